The smallest absolute Gasteiger partial charge is 0.220 e. The van der Waals surface area contributed by atoms with Gasteiger partial charge in [-0.3, -0.25) is 9.69 Å². The molecule has 3 nitrogen and oxygen atoms in total. The third-order valence-corrected chi connectivity index (χ3v) is 4.31. The molecule has 1 aliphatic rings. The van der Waals surface area contributed by atoms with Crippen LogP contribution in [0, 0.1) is 6.92 Å². The van der Waals surface area contributed by atoms with Gasteiger partial charge in [-0.2, -0.15) is 0 Å². The summed E-state index contributed by atoms with van der Waals surface area (Å²) in [6.07, 6.45) is 0.595. The molecule has 1 amide bonds. The van der Waals surface area contributed by atoms with Gasteiger partial charge in [-0.1, -0.05) is 18.2 Å². The van der Waals surface area contributed by atoms with Gasteiger partial charge in [0.2, 0.25) is 5.91 Å². The second-order valence-corrected chi connectivity index (χ2v) is 6.31. The normalized spacial score (nSPS) is 18.3. The van der Waals surface area contributed by atoms with Crippen LogP contribution >= 0.6 is 23.2 Å². The van der Waals surface area contributed by atoms with Crippen LogP contribution in [0.15, 0.2) is 18.2 Å². The lowest BCUT2D eigenvalue weighted by Gasteiger charge is -2.21. The van der Waals surface area contributed by atoms with Crippen LogP contribution in [0.4, 0.5) is 0 Å². The first-order valence-electron chi connectivity index (χ1n) is 7.34. The average molecular weight is 329 g/mol. The van der Waals surface area contributed by atoms with Crippen molar-refractivity contribution in [2.45, 2.75) is 25.8 Å². The Morgan fingerprint density at radius 2 is 2.00 bits per heavy atom. The highest BCUT2D eigenvalue weighted by molar-refractivity contribution is 6.18. The van der Waals surface area contributed by atoms with Crippen molar-refractivity contribution in [2.24, 2.45) is 0 Å². The molecule has 2 rings (SSSR count). The maximum atomic E-state index is 11.4. The van der Waals surface area contributed by atoms with Gasteiger partial charge in [-0.15, -0.1) is 23.2 Å². The number of benzene rings is 1. The number of carbonyl (C=O) groups excluding carboxylic acids is 1. The summed E-state index contributed by atoms with van der Waals surface area (Å²) in [5.41, 5.74) is 3.79. The minimum Gasteiger partial charge on any atom is -0.355 e. The maximum absolute atomic E-state index is 11.4. The number of hydrogen-bond donors (Lipinski definition) is 1. The Morgan fingerprint density at radius 1 is 1.29 bits per heavy atom. The fraction of sp³-hybridized carbons (Fsp3) is 0.562. The zero-order chi connectivity index (χ0) is 15.2. The highest BCUT2D eigenvalue weighted by Crippen LogP contribution is 2.27. The zero-order valence-corrected chi connectivity index (χ0v) is 13.9. The van der Waals surface area contributed by atoms with E-state index in [2.05, 4.69) is 35.3 Å². The molecule has 1 atom stereocenters. The molecular formula is C16H22Cl2N2O. The van der Waals surface area contributed by atoms with Crippen LogP contribution in [0.25, 0.3) is 0 Å². The first kappa shape index (κ1) is 16.6. The van der Waals surface area contributed by atoms with Crippen LogP contribution in [-0.4, -0.2) is 42.2 Å². The summed E-state index contributed by atoms with van der Waals surface area (Å²) in [6.45, 7) is 5.37. The van der Waals surface area contributed by atoms with Gasteiger partial charge in [-0.25, -0.2) is 0 Å². The highest BCUT2D eigenvalue weighted by atomic mass is 35.5. The predicted octanol–water partition coefficient (Wildman–Crippen LogP) is 2.88. The van der Waals surface area contributed by atoms with Crippen molar-refractivity contribution in [2.75, 3.05) is 31.4 Å². The first-order chi connectivity index (χ1) is 10.1. The van der Waals surface area contributed by atoms with Crippen LogP contribution < -0.4 is 5.32 Å². The van der Waals surface area contributed by atoms with Crippen molar-refractivity contribution in [3.05, 3.63) is 34.9 Å². The summed E-state index contributed by atoms with van der Waals surface area (Å²) in [7, 11) is 0. The van der Waals surface area contributed by atoms with Gasteiger partial charge in [0.1, 0.15) is 0 Å². The van der Waals surface area contributed by atoms with Gasteiger partial charge in [0.05, 0.1) is 0 Å². The summed E-state index contributed by atoms with van der Waals surface area (Å²) in [6, 6.07) is 6.53. The van der Waals surface area contributed by atoms with Crippen molar-refractivity contribution >= 4 is 29.1 Å². The second kappa shape index (κ2) is 8.02. The Hall–Kier alpha value is -0.770. The van der Waals surface area contributed by atoms with Gasteiger partial charge in [0, 0.05) is 50.3 Å². The standard InChI is InChI=1S/C16H22Cl2N2O/c1-12-2-3-13(11-20(6-4-17)7-5-18)8-15(12)14-9-16(21)19-10-14/h2-3,8,14H,4-7,9-11H2,1H3,(H,19,21). The fourth-order valence-electron chi connectivity index (χ4n) is 2.82. The van der Waals surface area contributed by atoms with Crippen molar-refractivity contribution in [3.8, 4) is 0 Å². The number of aryl methyl sites for hydroxylation is 1. The van der Waals surface area contributed by atoms with Gasteiger partial charge < -0.3 is 5.32 Å². The lowest BCUT2D eigenvalue weighted by molar-refractivity contribution is -0.119. The molecule has 0 aliphatic carbocycles. The largest absolute Gasteiger partial charge is 0.355 e. The van der Waals surface area contributed by atoms with Crippen molar-refractivity contribution in [1.82, 2.24) is 10.2 Å². The summed E-state index contributed by atoms with van der Waals surface area (Å²) in [5.74, 6) is 1.66. The molecule has 0 aromatic heterocycles. The van der Waals surface area contributed by atoms with Gasteiger partial charge in [0.15, 0.2) is 0 Å². The SMILES string of the molecule is Cc1ccc(CN(CCCl)CCCl)cc1C1CNC(=O)C1. The molecule has 1 unspecified atom stereocenters. The van der Waals surface area contributed by atoms with Gasteiger partial charge in [0.25, 0.3) is 0 Å². The molecule has 1 saturated heterocycles. The van der Waals surface area contributed by atoms with Crippen molar-refractivity contribution in [3.63, 3.8) is 0 Å². The number of hydrogen-bond acceptors (Lipinski definition) is 2. The number of carbonyl (C=O) groups is 1. The second-order valence-electron chi connectivity index (χ2n) is 5.55. The molecule has 0 spiro atoms. The van der Waals surface area contributed by atoms with Crippen LogP contribution in [-0.2, 0) is 11.3 Å². The first-order valence-corrected chi connectivity index (χ1v) is 8.41. The maximum Gasteiger partial charge on any atom is 0.220 e. The molecule has 116 valence electrons. The Bertz CT molecular complexity index is 487. The van der Waals surface area contributed by atoms with E-state index in [1.807, 2.05) is 0 Å². The summed E-state index contributed by atoms with van der Waals surface area (Å²) in [5, 5.41) is 2.91. The van der Waals surface area contributed by atoms with Crippen LogP contribution in [0.1, 0.15) is 29.0 Å². The van der Waals surface area contributed by atoms with E-state index in [1.54, 1.807) is 0 Å². The molecule has 1 fully saturated rings. The summed E-state index contributed by atoms with van der Waals surface area (Å²) < 4.78 is 0. The predicted molar refractivity (Wildman–Crippen MR) is 88.3 cm³/mol. The van der Waals surface area contributed by atoms with Crippen molar-refractivity contribution in [1.29, 1.82) is 0 Å². The minimum atomic E-state index is 0.149. The zero-order valence-electron chi connectivity index (χ0n) is 12.4. The highest BCUT2D eigenvalue weighted by Gasteiger charge is 2.24. The minimum absolute atomic E-state index is 0.149. The lowest BCUT2D eigenvalue weighted by atomic mass is 9.92. The summed E-state index contributed by atoms with van der Waals surface area (Å²) in [4.78, 5) is 13.7. The topological polar surface area (TPSA) is 32.3 Å². The van der Waals surface area contributed by atoms with E-state index in [1.165, 1.54) is 16.7 Å². The Morgan fingerprint density at radius 3 is 2.57 bits per heavy atom. The molecule has 1 aromatic rings. The van der Waals surface area contributed by atoms with E-state index in [9.17, 15) is 4.79 Å². The number of nitrogens with zero attached hydrogens (tertiary/aromatic N) is 1. The number of nitrogens with one attached hydrogen (secondary N) is 1. The fourth-order valence-corrected chi connectivity index (χ4v) is 3.30. The Balaban J connectivity index is 2.12. The molecule has 0 bridgehead atoms. The third-order valence-electron chi connectivity index (χ3n) is 3.97. The molecule has 1 aromatic carbocycles. The van der Waals surface area contributed by atoms with E-state index in [-0.39, 0.29) is 5.91 Å². The number of rotatable bonds is 7. The quantitative estimate of drug-likeness (QED) is 0.780. The lowest BCUT2D eigenvalue weighted by Crippen LogP contribution is -2.27. The third kappa shape index (κ3) is 4.60. The molecule has 5 heteroatoms. The van der Waals surface area contributed by atoms with E-state index < -0.39 is 0 Å². The van der Waals surface area contributed by atoms with E-state index >= 15 is 0 Å². The average Bonchev–Trinajstić information content (AvgIpc) is 2.88. The molecule has 21 heavy (non-hydrogen) atoms. The number of alkyl halides is 2. The van der Waals surface area contributed by atoms with Gasteiger partial charge >= 0.3 is 0 Å². The van der Waals surface area contributed by atoms with E-state index in [4.69, 9.17) is 23.2 Å². The van der Waals surface area contributed by atoms with Crippen molar-refractivity contribution < 1.29 is 4.79 Å². The monoisotopic (exact) mass is 328 g/mol. The molecule has 0 saturated carbocycles. The number of amides is 1. The van der Waals surface area contributed by atoms with Gasteiger partial charge in [-0.05, 0) is 23.6 Å². The van der Waals surface area contributed by atoms with E-state index in [0.717, 1.165) is 26.2 Å². The molecular weight excluding hydrogens is 307 g/mol. The van der Waals surface area contributed by atoms with E-state index in [0.29, 0.717) is 24.1 Å². The summed E-state index contributed by atoms with van der Waals surface area (Å²) >= 11 is 11.7. The van der Waals surface area contributed by atoms with Crippen LogP contribution in [0.2, 0.25) is 0 Å². The molecule has 1 heterocycles. The molecule has 1 N–H and O–H groups in total. The van der Waals surface area contributed by atoms with Crippen LogP contribution in [0.3, 0.4) is 0 Å². The molecule has 1 aliphatic heterocycles. The number of halogens is 2. The van der Waals surface area contributed by atoms with Crippen LogP contribution in [0.5, 0.6) is 0 Å². The Labute approximate surface area is 136 Å². The Kier molecular flexibility index (Phi) is 6.34. The molecule has 0 radical (unpaired) electrons.